The Morgan fingerprint density at radius 1 is 1.14 bits per heavy atom. The van der Waals surface area contributed by atoms with Gasteiger partial charge in [-0.3, -0.25) is 4.79 Å². The van der Waals surface area contributed by atoms with Crippen LogP contribution in [0.4, 0.5) is 5.69 Å². The van der Waals surface area contributed by atoms with E-state index in [0.717, 1.165) is 41.6 Å². The van der Waals surface area contributed by atoms with Crippen molar-refractivity contribution in [3.05, 3.63) is 48.5 Å². The predicted molar refractivity (Wildman–Crippen MR) is 123 cm³/mol. The largest absolute Gasteiger partial charge is 0.495 e. The first-order chi connectivity index (χ1) is 14.1. The van der Waals surface area contributed by atoms with Crippen molar-refractivity contribution >= 4 is 35.1 Å². The van der Waals surface area contributed by atoms with Gasteiger partial charge < -0.3 is 19.9 Å². The van der Waals surface area contributed by atoms with Crippen LogP contribution in [0.3, 0.4) is 0 Å². The van der Waals surface area contributed by atoms with Crippen molar-refractivity contribution in [2.24, 2.45) is 0 Å². The molecule has 0 radical (unpaired) electrons. The Morgan fingerprint density at radius 3 is 2.66 bits per heavy atom. The fourth-order valence-corrected chi connectivity index (χ4v) is 5.25. The van der Waals surface area contributed by atoms with E-state index in [1.54, 1.807) is 30.6 Å². The molecule has 156 valence electrons. The SMILES string of the molecule is COc1cccc2c1NC(N(CCCN(C)C)C(=O)CCSc1ccccc1)S2. The Bertz CT molecular complexity index is 802. The molecule has 0 bridgehead atoms. The predicted octanol–water partition coefficient (Wildman–Crippen LogP) is 4.46. The summed E-state index contributed by atoms with van der Waals surface area (Å²) in [6.07, 6.45) is 1.46. The van der Waals surface area contributed by atoms with E-state index in [0.29, 0.717) is 6.42 Å². The van der Waals surface area contributed by atoms with Crippen LogP contribution in [0.25, 0.3) is 0 Å². The zero-order valence-electron chi connectivity index (χ0n) is 17.3. The van der Waals surface area contributed by atoms with Gasteiger partial charge in [-0.25, -0.2) is 0 Å². The molecule has 29 heavy (non-hydrogen) atoms. The summed E-state index contributed by atoms with van der Waals surface area (Å²) in [4.78, 5) is 19.6. The molecular weight excluding hydrogens is 402 g/mol. The number of anilines is 1. The van der Waals surface area contributed by atoms with Crippen LogP contribution >= 0.6 is 23.5 Å². The number of fused-ring (bicyclic) bond motifs is 1. The van der Waals surface area contributed by atoms with Crippen molar-refractivity contribution in [2.45, 2.75) is 28.1 Å². The first-order valence-electron chi connectivity index (χ1n) is 9.80. The topological polar surface area (TPSA) is 44.8 Å². The molecule has 2 aromatic carbocycles. The fraction of sp³-hybridized carbons (Fsp3) is 0.409. The van der Waals surface area contributed by atoms with Gasteiger partial charge in [0.2, 0.25) is 5.91 Å². The van der Waals surface area contributed by atoms with Crippen LogP contribution in [0, 0.1) is 0 Å². The number of amides is 1. The Balaban J connectivity index is 1.63. The lowest BCUT2D eigenvalue weighted by Crippen LogP contribution is -2.42. The van der Waals surface area contributed by atoms with E-state index in [-0.39, 0.29) is 11.4 Å². The maximum Gasteiger partial charge on any atom is 0.225 e. The minimum Gasteiger partial charge on any atom is -0.495 e. The summed E-state index contributed by atoms with van der Waals surface area (Å²) in [5, 5.41) is 3.50. The molecule has 3 rings (SSSR count). The van der Waals surface area contributed by atoms with Crippen LogP contribution in [0.5, 0.6) is 5.75 Å². The lowest BCUT2D eigenvalue weighted by Gasteiger charge is -2.29. The normalized spacial score (nSPS) is 15.1. The number of para-hydroxylation sites is 1. The van der Waals surface area contributed by atoms with E-state index in [9.17, 15) is 4.79 Å². The monoisotopic (exact) mass is 431 g/mol. The van der Waals surface area contributed by atoms with Crippen LogP contribution in [0.15, 0.2) is 58.3 Å². The zero-order chi connectivity index (χ0) is 20.6. The summed E-state index contributed by atoms with van der Waals surface area (Å²) >= 11 is 3.41. The van der Waals surface area contributed by atoms with E-state index in [2.05, 4.69) is 42.5 Å². The molecule has 7 heteroatoms. The average molecular weight is 432 g/mol. The lowest BCUT2D eigenvalue weighted by molar-refractivity contribution is -0.131. The average Bonchev–Trinajstić information content (AvgIpc) is 3.15. The van der Waals surface area contributed by atoms with Gasteiger partial charge in [-0.1, -0.05) is 36.0 Å². The van der Waals surface area contributed by atoms with E-state index in [1.807, 2.05) is 35.2 Å². The molecule has 1 atom stereocenters. The smallest absolute Gasteiger partial charge is 0.225 e. The fourth-order valence-electron chi connectivity index (χ4n) is 3.18. The molecule has 0 aliphatic carbocycles. The molecular formula is C22H29N3O2S2. The second kappa shape index (κ2) is 10.8. The number of methoxy groups -OCH3 is 1. The highest BCUT2D eigenvalue weighted by Gasteiger charge is 2.31. The number of nitrogens with one attached hydrogen (secondary N) is 1. The van der Waals surface area contributed by atoms with E-state index in [1.165, 1.54) is 4.90 Å². The van der Waals surface area contributed by atoms with Gasteiger partial charge in [-0.15, -0.1) is 11.8 Å². The Kier molecular flexibility index (Phi) is 8.15. The summed E-state index contributed by atoms with van der Waals surface area (Å²) in [6, 6.07) is 16.2. The maximum absolute atomic E-state index is 13.1. The van der Waals surface area contributed by atoms with Gasteiger partial charge in [0, 0.05) is 28.5 Å². The standard InChI is InChI=1S/C22H29N3O2S2/c1-24(2)14-8-15-25(20(26)13-16-28-17-9-5-4-6-10-17)22-23-21-18(27-3)11-7-12-19(21)29-22/h4-7,9-12,22-23H,8,13-16H2,1-3H3. The summed E-state index contributed by atoms with van der Waals surface area (Å²) in [5.74, 6) is 1.78. The number of carbonyl (C=O) groups is 1. The highest BCUT2D eigenvalue weighted by Crippen LogP contribution is 2.45. The van der Waals surface area contributed by atoms with Gasteiger partial charge in [-0.05, 0) is 51.3 Å². The van der Waals surface area contributed by atoms with Gasteiger partial charge >= 0.3 is 0 Å². The first kappa shape index (κ1) is 21.9. The molecule has 1 N–H and O–H groups in total. The second-order valence-corrected chi connectivity index (χ2v) is 9.39. The van der Waals surface area contributed by atoms with Crippen LogP contribution in [0.1, 0.15) is 12.8 Å². The van der Waals surface area contributed by atoms with Crippen LogP contribution in [-0.4, -0.2) is 61.3 Å². The van der Waals surface area contributed by atoms with Crippen LogP contribution in [0.2, 0.25) is 0 Å². The molecule has 1 unspecified atom stereocenters. The minimum absolute atomic E-state index is 0.0994. The molecule has 0 fully saturated rings. The summed E-state index contributed by atoms with van der Waals surface area (Å²) in [7, 11) is 5.80. The maximum atomic E-state index is 13.1. The third kappa shape index (κ3) is 6.07. The van der Waals surface area contributed by atoms with E-state index < -0.39 is 0 Å². The molecule has 1 aliphatic heterocycles. The number of hydrogen-bond donors (Lipinski definition) is 1. The second-order valence-electron chi connectivity index (χ2n) is 7.10. The third-order valence-corrected chi connectivity index (χ3v) is 6.85. The van der Waals surface area contributed by atoms with Crippen molar-refractivity contribution in [3.8, 4) is 5.75 Å². The summed E-state index contributed by atoms with van der Waals surface area (Å²) < 4.78 is 5.48. The van der Waals surface area contributed by atoms with Crippen LogP contribution < -0.4 is 10.1 Å². The third-order valence-electron chi connectivity index (χ3n) is 4.65. The number of carbonyl (C=O) groups excluding carboxylic acids is 1. The van der Waals surface area contributed by atoms with Crippen molar-refractivity contribution < 1.29 is 9.53 Å². The molecule has 0 saturated carbocycles. The number of nitrogens with zero attached hydrogens (tertiary/aromatic N) is 2. The van der Waals surface area contributed by atoms with Gasteiger partial charge in [0.25, 0.3) is 0 Å². The molecule has 1 amide bonds. The molecule has 0 saturated heterocycles. The minimum atomic E-state index is -0.0994. The highest BCUT2D eigenvalue weighted by atomic mass is 32.2. The number of thioether (sulfide) groups is 2. The van der Waals surface area contributed by atoms with Gasteiger partial charge in [-0.2, -0.15) is 0 Å². The van der Waals surface area contributed by atoms with Crippen molar-refractivity contribution in [1.29, 1.82) is 0 Å². The quantitative estimate of drug-likeness (QED) is 0.561. The molecule has 1 aliphatic rings. The Morgan fingerprint density at radius 2 is 1.93 bits per heavy atom. The molecule has 5 nitrogen and oxygen atoms in total. The zero-order valence-corrected chi connectivity index (χ0v) is 18.9. The summed E-state index contributed by atoms with van der Waals surface area (Å²) in [5.41, 5.74) is 0.881. The van der Waals surface area contributed by atoms with Crippen molar-refractivity contribution in [2.75, 3.05) is 45.4 Å². The van der Waals surface area contributed by atoms with Gasteiger partial charge in [0.05, 0.1) is 12.8 Å². The van der Waals surface area contributed by atoms with Crippen molar-refractivity contribution in [1.82, 2.24) is 9.80 Å². The molecule has 0 spiro atoms. The lowest BCUT2D eigenvalue weighted by atomic mass is 10.3. The van der Waals surface area contributed by atoms with E-state index in [4.69, 9.17) is 4.74 Å². The Labute approximate surface area is 182 Å². The first-order valence-corrected chi connectivity index (χ1v) is 11.7. The molecule has 0 aromatic heterocycles. The Hall–Kier alpha value is -1.83. The number of rotatable bonds is 10. The summed E-state index contributed by atoms with van der Waals surface area (Å²) in [6.45, 7) is 1.68. The highest BCUT2D eigenvalue weighted by molar-refractivity contribution is 8.00. The number of benzene rings is 2. The van der Waals surface area contributed by atoms with Gasteiger partial charge in [0.1, 0.15) is 5.75 Å². The number of ether oxygens (including phenoxy) is 1. The molecule has 1 heterocycles. The molecule has 2 aromatic rings. The number of hydrogen-bond acceptors (Lipinski definition) is 6. The van der Waals surface area contributed by atoms with Crippen LogP contribution in [-0.2, 0) is 4.79 Å². The van der Waals surface area contributed by atoms with E-state index >= 15 is 0 Å². The van der Waals surface area contributed by atoms with Crippen molar-refractivity contribution in [3.63, 3.8) is 0 Å². The van der Waals surface area contributed by atoms with Gasteiger partial charge in [0.15, 0.2) is 5.50 Å².